The number of likely N-dealkylation sites (tertiary alicyclic amines) is 1. The molecular formula is C17H33N3. The van der Waals surface area contributed by atoms with E-state index in [2.05, 4.69) is 44.0 Å². The lowest BCUT2D eigenvalue weighted by molar-refractivity contribution is 0.107. The number of nitrogens with zero attached hydrogens (tertiary/aromatic N) is 2. The second-order valence-corrected chi connectivity index (χ2v) is 7.60. The van der Waals surface area contributed by atoms with Gasteiger partial charge in [0.1, 0.15) is 5.54 Å². The fraction of sp³-hybridized carbons (Fsp3) is 0.941. The highest BCUT2D eigenvalue weighted by atomic mass is 15.1. The number of nitrogens with one attached hydrogen (secondary N) is 1. The van der Waals surface area contributed by atoms with Crippen LogP contribution in [0.1, 0.15) is 60.3 Å². The Morgan fingerprint density at radius 1 is 1.20 bits per heavy atom. The van der Waals surface area contributed by atoms with Crippen molar-refractivity contribution >= 4 is 0 Å². The highest BCUT2D eigenvalue weighted by Gasteiger charge is 2.30. The quantitative estimate of drug-likeness (QED) is 0.810. The van der Waals surface area contributed by atoms with E-state index in [9.17, 15) is 5.26 Å². The molecule has 0 amide bonds. The van der Waals surface area contributed by atoms with Gasteiger partial charge in [0.15, 0.2) is 0 Å². The second-order valence-electron chi connectivity index (χ2n) is 7.60. The summed E-state index contributed by atoms with van der Waals surface area (Å²) >= 11 is 0. The third-order valence-corrected chi connectivity index (χ3v) is 4.75. The van der Waals surface area contributed by atoms with Crippen molar-refractivity contribution in [2.24, 2.45) is 11.3 Å². The van der Waals surface area contributed by atoms with Gasteiger partial charge in [-0.15, -0.1) is 0 Å². The van der Waals surface area contributed by atoms with Crippen molar-refractivity contribution < 1.29 is 0 Å². The van der Waals surface area contributed by atoms with Crippen LogP contribution in [0.2, 0.25) is 0 Å². The maximum absolute atomic E-state index is 9.36. The lowest BCUT2D eigenvalue weighted by Gasteiger charge is -2.39. The molecule has 1 saturated heterocycles. The molecule has 1 rings (SSSR count). The Morgan fingerprint density at radius 3 is 2.25 bits per heavy atom. The molecule has 0 aliphatic carbocycles. The zero-order valence-electron chi connectivity index (χ0n) is 14.1. The fourth-order valence-electron chi connectivity index (χ4n) is 2.99. The van der Waals surface area contributed by atoms with Crippen LogP contribution in [0.15, 0.2) is 0 Å². The highest BCUT2D eigenvalue weighted by molar-refractivity contribution is 5.04. The Kier molecular flexibility index (Phi) is 6.48. The summed E-state index contributed by atoms with van der Waals surface area (Å²) < 4.78 is 0. The molecule has 1 fully saturated rings. The van der Waals surface area contributed by atoms with Crippen LogP contribution in [0.3, 0.4) is 0 Å². The molecule has 1 heterocycles. The first-order chi connectivity index (χ1) is 9.30. The monoisotopic (exact) mass is 279 g/mol. The van der Waals surface area contributed by atoms with E-state index in [0.29, 0.717) is 5.41 Å². The predicted molar refractivity (Wildman–Crippen MR) is 85.5 cm³/mol. The van der Waals surface area contributed by atoms with E-state index in [0.717, 1.165) is 31.8 Å². The van der Waals surface area contributed by atoms with Crippen molar-refractivity contribution in [2.45, 2.75) is 65.8 Å². The van der Waals surface area contributed by atoms with Gasteiger partial charge in [-0.3, -0.25) is 5.32 Å². The van der Waals surface area contributed by atoms with Gasteiger partial charge < -0.3 is 4.90 Å². The molecule has 0 saturated carbocycles. The van der Waals surface area contributed by atoms with Crippen molar-refractivity contribution in [3.63, 3.8) is 0 Å². The van der Waals surface area contributed by atoms with Gasteiger partial charge in [-0.25, -0.2) is 0 Å². The predicted octanol–water partition coefficient (Wildman–Crippen LogP) is 3.42. The van der Waals surface area contributed by atoms with Crippen LogP contribution in [-0.2, 0) is 0 Å². The van der Waals surface area contributed by atoms with Crippen molar-refractivity contribution in [3.05, 3.63) is 0 Å². The van der Waals surface area contributed by atoms with Crippen LogP contribution >= 0.6 is 0 Å². The number of nitriles is 1. The lowest BCUT2D eigenvalue weighted by atomic mass is 9.75. The molecule has 0 bridgehead atoms. The van der Waals surface area contributed by atoms with E-state index < -0.39 is 0 Å². The maximum Gasteiger partial charge on any atom is 0.105 e. The van der Waals surface area contributed by atoms with Crippen molar-refractivity contribution in [3.8, 4) is 6.07 Å². The van der Waals surface area contributed by atoms with Crippen LogP contribution in [0.5, 0.6) is 0 Å². The van der Waals surface area contributed by atoms with Crippen LogP contribution in [0.4, 0.5) is 0 Å². The molecule has 116 valence electrons. The summed E-state index contributed by atoms with van der Waals surface area (Å²) in [7, 11) is 0. The van der Waals surface area contributed by atoms with Gasteiger partial charge in [0.2, 0.25) is 0 Å². The first kappa shape index (κ1) is 17.5. The van der Waals surface area contributed by atoms with Crippen molar-refractivity contribution in [2.75, 3.05) is 26.2 Å². The van der Waals surface area contributed by atoms with Crippen LogP contribution < -0.4 is 5.32 Å². The zero-order chi connectivity index (χ0) is 15.2. The third kappa shape index (κ3) is 5.42. The molecular weight excluding hydrogens is 246 g/mol. The zero-order valence-corrected chi connectivity index (χ0v) is 14.1. The van der Waals surface area contributed by atoms with Crippen molar-refractivity contribution in [1.82, 2.24) is 10.2 Å². The average Bonchev–Trinajstić information content (AvgIpc) is 2.42. The molecule has 0 aromatic carbocycles. The topological polar surface area (TPSA) is 39.1 Å². The SMILES string of the molecule is CCCNC(C)(C#N)CCN1CCC(C(C)(C)C)CC1. The number of piperidine rings is 1. The average molecular weight is 279 g/mol. The minimum absolute atomic E-state index is 0.364. The molecule has 1 unspecified atom stereocenters. The first-order valence-corrected chi connectivity index (χ1v) is 8.19. The molecule has 1 aliphatic rings. The number of hydrogen-bond acceptors (Lipinski definition) is 3. The summed E-state index contributed by atoms with van der Waals surface area (Å²) in [6.45, 7) is 15.6. The van der Waals surface area contributed by atoms with E-state index >= 15 is 0 Å². The lowest BCUT2D eigenvalue weighted by Crippen LogP contribution is -2.46. The molecule has 3 nitrogen and oxygen atoms in total. The smallest absolute Gasteiger partial charge is 0.105 e. The minimum Gasteiger partial charge on any atom is -0.303 e. The van der Waals surface area contributed by atoms with E-state index in [4.69, 9.17) is 0 Å². The molecule has 1 N–H and O–H groups in total. The Bertz CT molecular complexity index is 318. The Morgan fingerprint density at radius 2 is 1.80 bits per heavy atom. The summed E-state index contributed by atoms with van der Waals surface area (Å²) in [5, 5.41) is 12.7. The van der Waals surface area contributed by atoms with Crippen LogP contribution in [0, 0.1) is 22.7 Å². The van der Waals surface area contributed by atoms with Gasteiger partial charge >= 0.3 is 0 Å². The van der Waals surface area contributed by atoms with E-state index in [1.54, 1.807) is 0 Å². The maximum atomic E-state index is 9.36. The van der Waals surface area contributed by atoms with E-state index in [-0.39, 0.29) is 5.54 Å². The Balaban J connectivity index is 2.35. The molecule has 20 heavy (non-hydrogen) atoms. The normalized spacial score (nSPS) is 21.4. The largest absolute Gasteiger partial charge is 0.303 e. The molecule has 0 aromatic rings. The summed E-state index contributed by atoms with van der Waals surface area (Å²) in [6.07, 6.45) is 4.60. The van der Waals surface area contributed by atoms with Gasteiger partial charge in [0.25, 0.3) is 0 Å². The highest BCUT2D eigenvalue weighted by Crippen LogP contribution is 2.34. The van der Waals surface area contributed by atoms with E-state index in [1.165, 1.54) is 25.9 Å². The molecule has 0 aromatic heterocycles. The Hall–Kier alpha value is -0.590. The minimum atomic E-state index is -0.364. The molecule has 1 aliphatic heterocycles. The van der Waals surface area contributed by atoms with Crippen LogP contribution in [0.25, 0.3) is 0 Å². The van der Waals surface area contributed by atoms with Crippen molar-refractivity contribution in [1.29, 1.82) is 5.26 Å². The standard InChI is InChI=1S/C17H33N3/c1-6-10-19-17(5,14-18)9-13-20-11-7-15(8-12-20)16(2,3)4/h15,19H,6-13H2,1-5H3. The number of rotatable bonds is 6. The molecule has 1 atom stereocenters. The van der Waals surface area contributed by atoms with Gasteiger partial charge in [-0.05, 0) is 63.6 Å². The third-order valence-electron chi connectivity index (χ3n) is 4.75. The van der Waals surface area contributed by atoms with Gasteiger partial charge in [0.05, 0.1) is 6.07 Å². The summed E-state index contributed by atoms with van der Waals surface area (Å²) in [5.74, 6) is 0.847. The first-order valence-electron chi connectivity index (χ1n) is 8.19. The molecule has 0 spiro atoms. The van der Waals surface area contributed by atoms with E-state index in [1.807, 2.05) is 6.92 Å². The Labute approximate surface area is 125 Å². The summed E-state index contributed by atoms with van der Waals surface area (Å²) in [4.78, 5) is 2.53. The van der Waals surface area contributed by atoms with Crippen LogP contribution in [-0.4, -0.2) is 36.6 Å². The molecule has 3 heteroatoms. The summed E-state index contributed by atoms with van der Waals surface area (Å²) in [6, 6.07) is 2.45. The summed E-state index contributed by atoms with van der Waals surface area (Å²) in [5.41, 5.74) is 0.0762. The van der Waals surface area contributed by atoms with Gasteiger partial charge in [0, 0.05) is 6.54 Å². The number of hydrogen-bond donors (Lipinski definition) is 1. The fourth-order valence-corrected chi connectivity index (χ4v) is 2.99. The molecule has 0 radical (unpaired) electrons. The van der Waals surface area contributed by atoms with Gasteiger partial charge in [-0.2, -0.15) is 5.26 Å². The van der Waals surface area contributed by atoms with Gasteiger partial charge in [-0.1, -0.05) is 27.7 Å². The second kappa shape index (κ2) is 7.43.